The van der Waals surface area contributed by atoms with E-state index < -0.39 is 0 Å². The van der Waals surface area contributed by atoms with Gasteiger partial charge in [-0.15, -0.1) is 0 Å². The van der Waals surface area contributed by atoms with Crippen molar-refractivity contribution in [3.05, 3.63) is 11.6 Å². The van der Waals surface area contributed by atoms with Crippen molar-refractivity contribution in [3.8, 4) is 0 Å². The molecule has 1 rings (SSSR count). The predicted octanol–water partition coefficient (Wildman–Crippen LogP) is 2.75. The van der Waals surface area contributed by atoms with Crippen LogP contribution in [0.3, 0.4) is 0 Å². The first kappa shape index (κ1) is 12.7. The van der Waals surface area contributed by atoms with Gasteiger partial charge in [-0.05, 0) is 45.6 Å². The lowest BCUT2D eigenvalue weighted by Crippen LogP contribution is -2.30. The van der Waals surface area contributed by atoms with Crippen molar-refractivity contribution in [1.82, 2.24) is 5.32 Å². The molecule has 2 atom stereocenters. The smallest absolute Gasteiger partial charge is 0.0495 e. The van der Waals surface area contributed by atoms with E-state index in [4.69, 9.17) is 4.74 Å². The lowest BCUT2D eigenvalue weighted by Gasteiger charge is -2.18. The highest BCUT2D eigenvalue weighted by molar-refractivity contribution is 5.01. The van der Waals surface area contributed by atoms with Crippen molar-refractivity contribution in [2.45, 2.75) is 46.1 Å². The van der Waals surface area contributed by atoms with E-state index in [2.05, 4.69) is 32.2 Å². The van der Waals surface area contributed by atoms with E-state index in [1.54, 1.807) is 0 Å². The van der Waals surface area contributed by atoms with E-state index in [-0.39, 0.29) is 0 Å². The van der Waals surface area contributed by atoms with Crippen molar-refractivity contribution in [2.75, 3.05) is 19.8 Å². The fraction of sp³-hybridized carbons (Fsp3) is 0.846. The van der Waals surface area contributed by atoms with Crippen LogP contribution < -0.4 is 5.32 Å². The van der Waals surface area contributed by atoms with Gasteiger partial charge in [0.25, 0.3) is 0 Å². The summed E-state index contributed by atoms with van der Waals surface area (Å²) in [6.45, 7) is 9.59. The lowest BCUT2D eigenvalue weighted by molar-refractivity contribution is 0.182. The Labute approximate surface area is 94.1 Å². The van der Waals surface area contributed by atoms with Gasteiger partial charge in [-0.2, -0.15) is 0 Å². The summed E-state index contributed by atoms with van der Waals surface area (Å²) in [6.07, 6.45) is 6.02. The number of hydrogen-bond acceptors (Lipinski definition) is 2. The molecule has 0 aliphatic carbocycles. The fourth-order valence-electron chi connectivity index (χ4n) is 2.07. The van der Waals surface area contributed by atoms with Crippen LogP contribution in [0.1, 0.15) is 40.0 Å². The van der Waals surface area contributed by atoms with Gasteiger partial charge in [0.2, 0.25) is 0 Å². The molecule has 2 heteroatoms. The van der Waals surface area contributed by atoms with Crippen LogP contribution in [0, 0.1) is 5.92 Å². The molecule has 1 N–H and O–H groups in total. The molecule has 88 valence electrons. The van der Waals surface area contributed by atoms with Crippen LogP contribution in [0.4, 0.5) is 0 Å². The van der Waals surface area contributed by atoms with Gasteiger partial charge < -0.3 is 10.1 Å². The van der Waals surface area contributed by atoms with Gasteiger partial charge in [0.15, 0.2) is 0 Å². The second kappa shape index (κ2) is 7.02. The first-order valence-corrected chi connectivity index (χ1v) is 6.18. The summed E-state index contributed by atoms with van der Waals surface area (Å²) < 4.78 is 5.42. The maximum atomic E-state index is 5.42. The average Bonchev–Trinajstić information content (AvgIpc) is 2.66. The van der Waals surface area contributed by atoms with E-state index in [1.165, 1.54) is 24.8 Å². The van der Waals surface area contributed by atoms with Crippen LogP contribution >= 0.6 is 0 Å². The highest BCUT2D eigenvalue weighted by atomic mass is 16.5. The molecule has 0 spiro atoms. The number of hydrogen-bond donors (Lipinski definition) is 1. The van der Waals surface area contributed by atoms with Crippen LogP contribution in [0.15, 0.2) is 11.6 Å². The Hall–Kier alpha value is -0.340. The Bertz CT molecular complexity index is 191. The molecular weight excluding hydrogens is 186 g/mol. The van der Waals surface area contributed by atoms with E-state index in [9.17, 15) is 0 Å². The molecule has 0 saturated carbocycles. The van der Waals surface area contributed by atoms with Crippen molar-refractivity contribution < 1.29 is 4.74 Å². The summed E-state index contributed by atoms with van der Waals surface area (Å²) in [7, 11) is 0. The molecule has 1 aliphatic heterocycles. The van der Waals surface area contributed by atoms with E-state index in [0.29, 0.717) is 6.04 Å². The van der Waals surface area contributed by atoms with Crippen LogP contribution in [-0.2, 0) is 4.74 Å². The van der Waals surface area contributed by atoms with E-state index in [0.717, 1.165) is 25.7 Å². The second-order valence-corrected chi connectivity index (χ2v) is 4.77. The molecule has 0 radical (unpaired) electrons. The zero-order chi connectivity index (χ0) is 11.1. The zero-order valence-corrected chi connectivity index (χ0v) is 10.4. The molecule has 0 aromatic heterocycles. The fourth-order valence-corrected chi connectivity index (χ4v) is 2.07. The van der Waals surface area contributed by atoms with Crippen molar-refractivity contribution >= 4 is 0 Å². The number of allylic oxidation sites excluding steroid dienone is 1. The van der Waals surface area contributed by atoms with Crippen molar-refractivity contribution in [3.63, 3.8) is 0 Å². The van der Waals surface area contributed by atoms with E-state index in [1.807, 2.05) is 0 Å². The second-order valence-electron chi connectivity index (χ2n) is 4.77. The molecule has 0 aromatic carbocycles. The molecule has 1 saturated heterocycles. The largest absolute Gasteiger partial charge is 0.381 e. The third kappa shape index (κ3) is 5.33. The predicted molar refractivity (Wildman–Crippen MR) is 65.1 cm³/mol. The molecule has 2 nitrogen and oxygen atoms in total. The molecule has 0 aromatic rings. The molecule has 0 bridgehead atoms. The van der Waals surface area contributed by atoms with Gasteiger partial charge in [-0.1, -0.05) is 18.6 Å². The van der Waals surface area contributed by atoms with E-state index >= 15 is 0 Å². The summed E-state index contributed by atoms with van der Waals surface area (Å²) in [5.74, 6) is 0.759. The van der Waals surface area contributed by atoms with Crippen LogP contribution in [0.25, 0.3) is 0 Å². The topological polar surface area (TPSA) is 21.3 Å². The first-order valence-electron chi connectivity index (χ1n) is 6.18. The summed E-state index contributed by atoms with van der Waals surface area (Å²) in [6, 6.07) is 0.543. The normalized spacial score (nSPS) is 22.7. The first-order chi connectivity index (χ1) is 7.22. The molecule has 15 heavy (non-hydrogen) atoms. The van der Waals surface area contributed by atoms with Crippen molar-refractivity contribution in [1.29, 1.82) is 0 Å². The Morgan fingerprint density at radius 3 is 2.87 bits per heavy atom. The Kier molecular flexibility index (Phi) is 5.96. The molecular formula is C13H25NO. The van der Waals surface area contributed by atoms with Gasteiger partial charge in [0.1, 0.15) is 0 Å². The quantitative estimate of drug-likeness (QED) is 0.682. The Morgan fingerprint density at radius 2 is 2.33 bits per heavy atom. The third-order valence-corrected chi connectivity index (χ3v) is 2.80. The molecule has 1 fully saturated rings. The SMILES string of the molecule is CCCNC(C=C(C)C)CC1CCOC1. The molecule has 2 unspecified atom stereocenters. The van der Waals surface area contributed by atoms with Gasteiger partial charge in [0, 0.05) is 19.3 Å². The van der Waals surface area contributed by atoms with Gasteiger partial charge >= 0.3 is 0 Å². The van der Waals surface area contributed by atoms with Crippen LogP contribution in [0.2, 0.25) is 0 Å². The molecule has 1 heterocycles. The third-order valence-electron chi connectivity index (χ3n) is 2.80. The maximum Gasteiger partial charge on any atom is 0.0495 e. The number of ether oxygens (including phenoxy) is 1. The Balaban J connectivity index is 2.36. The minimum Gasteiger partial charge on any atom is -0.381 e. The van der Waals surface area contributed by atoms with Crippen LogP contribution in [0.5, 0.6) is 0 Å². The van der Waals surface area contributed by atoms with Crippen molar-refractivity contribution in [2.24, 2.45) is 5.92 Å². The summed E-state index contributed by atoms with van der Waals surface area (Å²) in [5.41, 5.74) is 1.41. The zero-order valence-electron chi connectivity index (χ0n) is 10.4. The highest BCUT2D eigenvalue weighted by Crippen LogP contribution is 2.19. The molecule has 0 amide bonds. The number of nitrogens with one attached hydrogen (secondary N) is 1. The van der Waals surface area contributed by atoms with Gasteiger partial charge in [0.05, 0.1) is 0 Å². The Morgan fingerprint density at radius 1 is 1.53 bits per heavy atom. The lowest BCUT2D eigenvalue weighted by atomic mass is 9.98. The van der Waals surface area contributed by atoms with Gasteiger partial charge in [-0.25, -0.2) is 0 Å². The number of rotatable bonds is 6. The average molecular weight is 211 g/mol. The summed E-state index contributed by atoms with van der Waals surface area (Å²) in [5, 5.41) is 3.60. The highest BCUT2D eigenvalue weighted by Gasteiger charge is 2.19. The molecule has 1 aliphatic rings. The summed E-state index contributed by atoms with van der Waals surface area (Å²) >= 11 is 0. The summed E-state index contributed by atoms with van der Waals surface area (Å²) in [4.78, 5) is 0. The van der Waals surface area contributed by atoms with Gasteiger partial charge in [-0.3, -0.25) is 0 Å². The minimum absolute atomic E-state index is 0.543. The monoisotopic (exact) mass is 211 g/mol. The van der Waals surface area contributed by atoms with Crippen LogP contribution in [-0.4, -0.2) is 25.8 Å². The maximum absolute atomic E-state index is 5.42. The standard InChI is InChI=1S/C13H25NO/c1-4-6-14-13(8-11(2)3)9-12-5-7-15-10-12/h8,12-14H,4-7,9-10H2,1-3H3. The minimum atomic E-state index is 0.543.